The molecule has 0 radical (unpaired) electrons. The van der Waals surface area contributed by atoms with Crippen molar-refractivity contribution in [3.05, 3.63) is 125 Å². The number of allylic oxidation sites excluding steroid dienone is 3. The molecular formula is C62H98F3KN7O3-. The van der Waals surface area contributed by atoms with Crippen molar-refractivity contribution in [1.29, 1.82) is 0 Å². The molecule has 1 aliphatic rings. The second-order valence-corrected chi connectivity index (χ2v) is 18.6. The molecule has 1 aromatic heterocycles. The van der Waals surface area contributed by atoms with Crippen LogP contribution >= 0.6 is 0 Å². The Labute approximate surface area is 502 Å². The third-order valence-electron chi connectivity index (χ3n) is 13.1. The van der Waals surface area contributed by atoms with Crippen molar-refractivity contribution in [2.45, 2.75) is 173 Å². The summed E-state index contributed by atoms with van der Waals surface area (Å²) in [4.78, 5) is 44.4. The number of carbonyl (C=O) groups is 2. The van der Waals surface area contributed by atoms with Crippen LogP contribution < -0.4 is 66.8 Å². The van der Waals surface area contributed by atoms with E-state index in [0.29, 0.717) is 48.8 Å². The van der Waals surface area contributed by atoms with Crippen molar-refractivity contribution < 1.29 is 79.0 Å². The molecular weight excluding hydrogens is 987 g/mol. The second kappa shape index (κ2) is 42.3. The molecule has 0 aliphatic carbocycles. The Morgan fingerprint density at radius 2 is 1.51 bits per heavy atom. The van der Waals surface area contributed by atoms with E-state index in [1.165, 1.54) is 41.6 Å². The first kappa shape index (κ1) is 74.4. The summed E-state index contributed by atoms with van der Waals surface area (Å²) < 4.78 is 44.0. The van der Waals surface area contributed by atoms with E-state index in [1.807, 2.05) is 78.7 Å². The molecule has 14 heteroatoms. The number of benzene rings is 2. The van der Waals surface area contributed by atoms with Crippen molar-refractivity contribution in [3.63, 3.8) is 0 Å². The first-order valence-electron chi connectivity index (χ1n) is 27.7. The van der Waals surface area contributed by atoms with Crippen molar-refractivity contribution in [3.8, 4) is 0 Å². The monoisotopic (exact) mass is 1080 g/mol. The Bertz CT molecular complexity index is 2170. The third-order valence-corrected chi connectivity index (χ3v) is 13.1. The maximum atomic E-state index is 14.8. The number of likely N-dealkylation sites (N-methyl/N-ethyl adjacent to an activating group) is 1. The number of nitrogens with one attached hydrogen (secondary N) is 1. The van der Waals surface area contributed by atoms with Gasteiger partial charge in [0, 0.05) is 81.1 Å². The van der Waals surface area contributed by atoms with Crippen LogP contribution in [-0.4, -0.2) is 97.8 Å². The van der Waals surface area contributed by atoms with Gasteiger partial charge in [0.05, 0.1) is 11.4 Å². The smallest absolute Gasteiger partial charge is 0.540 e. The molecule has 10 nitrogen and oxygen atoms in total. The number of likely N-dealkylation sites (tertiary alicyclic amines) is 1. The van der Waals surface area contributed by atoms with Gasteiger partial charge in [-0.3, -0.25) is 14.6 Å². The maximum Gasteiger partial charge on any atom is 1.00 e. The normalized spacial score (nSPS) is 13.2. The Hall–Kier alpha value is -3.63. The number of rotatable bonds is 24. The van der Waals surface area contributed by atoms with Gasteiger partial charge in [0.15, 0.2) is 0 Å². The zero-order valence-electron chi connectivity index (χ0n) is 50.3. The molecule has 1 saturated heterocycles. The number of carbonyl (C=O) groups excluding carboxylic acids is 3. The number of nitrogens with zero attached hydrogens (tertiary/aromatic N) is 6. The van der Waals surface area contributed by atoms with Crippen LogP contribution in [0.4, 0.5) is 24.6 Å². The second-order valence-electron chi connectivity index (χ2n) is 18.6. The number of amides is 2. The predicted molar refractivity (Wildman–Crippen MR) is 312 cm³/mol. The molecule has 0 saturated carbocycles. The van der Waals surface area contributed by atoms with Crippen LogP contribution in [0.1, 0.15) is 185 Å². The SMILES string of the molecule is C=CCC(CCC)c1c(F)cc(C(=O)N2CCC(CN(CCC)CCC)CC2)cc1F.CC.CC.CC/C(C)=C/c1c(N(F)C(=O)/C=C(\C)NC)ccnc1C.[CH2-]CCC([C-]=O)N(C)N(C)c1cc(CC)ccc1C.[K+]. The summed E-state index contributed by atoms with van der Waals surface area (Å²) in [6.45, 7) is 38.2. The molecule has 0 spiro atoms. The average molecular weight is 1090 g/mol. The third kappa shape index (κ3) is 25.0. The van der Waals surface area contributed by atoms with E-state index in [-0.39, 0.29) is 91.2 Å². The molecule has 2 atom stereocenters. The molecule has 76 heavy (non-hydrogen) atoms. The van der Waals surface area contributed by atoms with Gasteiger partial charge in [-0.05, 0) is 139 Å². The fourth-order valence-corrected chi connectivity index (χ4v) is 8.63. The molecule has 1 fully saturated rings. The zero-order valence-corrected chi connectivity index (χ0v) is 53.4. The first-order valence-corrected chi connectivity index (χ1v) is 27.7. The maximum absolute atomic E-state index is 14.8. The van der Waals surface area contributed by atoms with Crippen LogP contribution in [0.5, 0.6) is 0 Å². The van der Waals surface area contributed by atoms with Crippen LogP contribution in [0.15, 0.2) is 72.6 Å². The number of halogens is 3. The summed E-state index contributed by atoms with van der Waals surface area (Å²) >= 11 is 0. The van der Waals surface area contributed by atoms with Gasteiger partial charge >= 0.3 is 51.4 Å². The summed E-state index contributed by atoms with van der Waals surface area (Å²) in [7, 11) is 5.58. The number of aryl methyl sites for hydroxylation is 3. The molecule has 2 unspecified atom stereocenters. The standard InChI is InChI=1S/C26H40F2N2O.C16H22FN3O.C16H24N2O.2C2H6.K/c1-5-9-21(10-6-2)25-23(27)17-22(18-24(25)28)26(31)30-15-11-20(12-16-30)19-29(13-7-3)14-8-4;1-6-11(2)9-14-13(4)19-8-7-15(14)20(17)16(21)10-12(3)18-5;1-6-8-15(12-19)17(4)18(5)16-11-14(7-2)10-9-13(16)3;2*1-2;/h5,17-18,20-21H,1,6-16,19H2,2-4H3;7-10,18H,6H2,1-5H3;9-11,15H,1,6-8H2,2-5H3;2*1-2H3;/q;;-2;;;+1/b;11-9+,12-10+;;;;. The van der Waals surface area contributed by atoms with E-state index >= 15 is 0 Å². The molecule has 0 bridgehead atoms. The van der Waals surface area contributed by atoms with E-state index in [2.05, 4.69) is 80.9 Å². The minimum absolute atomic E-state index is 0. The number of anilines is 2. The topological polar surface area (TPSA) is 92.3 Å². The van der Waals surface area contributed by atoms with Crippen LogP contribution in [-0.2, 0) is 16.0 Å². The average Bonchev–Trinajstić information content (AvgIpc) is 3.41. The first-order chi connectivity index (χ1) is 35.9. The number of hydrazine groups is 1. The summed E-state index contributed by atoms with van der Waals surface area (Å²) in [6.07, 6.45) is 17.9. The van der Waals surface area contributed by atoms with Crippen LogP contribution in [0.2, 0.25) is 0 Å². The summed E-state index contributed by atoms with van der Waals surface area (Å²) in [5.41, 5.74) is 7.04. The largest absolute Gasteiger partial charge is 1.00 e. The fraction of sp³-hybridized carbons (Fsp3) is 0.565. The van der Waals surface area contributed by atoms with Gasteiger partial charge in [-0.2, -0.15) is 6.42 Å². The molecule has 2 aromatic carbocycles. The predicted octanol–water partition coefficient (Wildman–Crippen LogP) is 11.9. The van der Waals surface area contributed by atoms with Crippen molar-refractivity contribution in [1.82, 2.24) is 25.1 Å². The molecule has 2 heterocycles. The van der Waals surface area contributed by atoms with E-state index in [4.69, 9.17) is 0 Å². The molecule has 1 N–H and O–H groups in total. The molecule has 1 aliphatic heterocycles. The van der Waals surface area contributed by atoms with Gasteiger partial charge in [0.2, 0.25) is 0 Å². The Morgan fingerprint density at radius 3 is 2.00 bits per heavy atom. The van der Waals surface area contributed by atoms with Gasteiger partial charge in [0.25, 0.3) is 11.8 Å². The molecule has 4 rings (SSSR count). The number of hydrogen-bond acceptors (Lipinski definition) is 8. The Balaban J connectivity index is 0. The van der Waals surface area contributed by atoms with Crippen molar-refractivity contribution >= 4 is 35.6 Å². The molecule has 3 aromatic rings. The quantitative estimate of drug-likeness (QED) is 0.0237. The number of pyridine rings is 1. The Morgan fingerprint density at radius 1 is 0.921 bits per heavy atom. The Kier molecular flexibility index (Phi) is 41.5. The van der Waals surface area contributed by atoms with Crippen molar-refractivity contribution in [2.75, 3.05) is 64.0 Å². The number of aromatic nitrogens is 1. The number of piperidine rings is 1. The summed E-state index contributed by atoms with van der Waals surface area (Å²) in [5.74, 6) is -1.89. The van der Waals surface area contributed by atoms with Gasteiger partial charge in [0.1, 0.15) is 11.6 Å². The van der Waals surface area contributed by atoms with E-state index in [9.17, 15) is 27.6 Å². The minimum Gasteiger partial charge on any atom is -0.540 e. The minimum atomic E-state index is -0.726. The summed E-state index contributed by atoms with van der Waals surface area (Å²) in [5, 5.41) is 6.91. The van der Waals surface area contributed by atoms with E-state index in [1.54, 1.807) is 31.9 Å². The van der Waals surface area contributed by atoms with Gasteiger partial charge in [-0.1, -0.05) is 116 Å². The van der Waals surface area contributed by atoms with Crippen LogP contribution in [0.3, 0.4) is 0 Å². The van der Waals surface area contributed by atoms with Gasteiger partial charge in [-0.15, -0.1) is 11.7 Å². The van der Waals surface area contributed by atoms with Gasteiger partial charge in [-0.25, -0.2) is 20.1 Å². The summed E-state index contributed by atoms with van der Waals surface area (Å²) in [6, 6.07) is 10.2. The van der Waals surface area contributed by atoms with Crippen LogP contribution in [0, 0.1) is 38.3 Å². The molecule has 422 valence electrons. The van der Waals surface area contributed by atoms with Crippen molar-refractivity contribution in [2.24, 2.45) is 5.92 Å². The van der Waals surface area contributed by atoms with Gasteiger partial charge < -0.3 is 31.8 Å². The fourth-order valence-electron chi connectivity index (χ4n) is 8.63. The van der Waals surface area contributed by atoms with E-state index < -0.39 is 17.5 Å². The number of hydrogen-bond donors (Lipinski definition) is 1. The zero-order chi connectivity index (χ0) is 57.2. The molecule has 2 amide bonds. The van der Waals surface area contributed by atoms with Crippen LogP contribution in [0.25, 0.3) is 6.08 Å². The van der Waals surface area contributed by atoms with E-state index in [0.717, 1.165) is 88.7 Å².